The molecule has 10 heteroatoms. The van der Waals surface area contributed by atoms with Crippen molar-refractivity contribution in [1.82, 2.24) is 30.2 Å². The Morgan fingerprint density at radius 3 is 2.96 bits per heavy atom. The fourth-order valence-electron chi connectivity index (χ4n) is 3.22. The van der Waals surface area contributed by atoms with Crippen LogP contribution in [0.15, 0.2) is 46.2 Å². The third kappa shape index (κ3) is 3.50. The fraction of sp³-hybridized carbons (Fsp3) is 0.278. The molecule has 5 rings (SSSR count). The van der Waals surface area contributed by atoms with Gasteiger partial charge in [0.25, 0.3) is 0 Å². The van der Waals surface area contributed by atoms with E-state index in [2.05, 4.69) is 30.9 Å². The van der Waals surface area contributed by atoms with Gasteiger partial charge in [-0.2, -0.15) is 0 Å². The predicted octanol–water partition coefficient (Wildman–Crippen LogP) is 4.33. The number of hydrogen-bond donors (Lipinski definition) is 0. The molecule has 1 saturated heterocycles. The van der Waals surface area contributed by atoms with Crippen LogP contribution in [0.2, 0.25) is 5.02 Å². The standard InChI is InChI=1S/C18H15ClN6OS2/c19-12-5-3-11(4-6-12)14-9-27-16-15(14)17(21-10-20-16)28-18-22-23-24-25(18)8-13-2-1-7-26-13/h3-6,9-10,13H,1-2,7-8H2/t13-/m0/s1. The summed E-state index contributed by atoms with van der Waals surface area (Å²) in [7, 11) is 0. The smallest absolute Gasteiger partial charge is 0.215 e. The molecule has 7 nitrogen and oxygen atoms in total. The van der Waals surface area contributed by atoms with Gasteiger partial charge in [0.15, 0.2) is 0 Å². The Bertz CT molecular complexity index is 1110. The van der Waals surface area contributed by atoms with Crippen LogP contribution in [0.4, 0.5) is 0 Å². The van der Waals surface area contributed by atoms with Crippen molar-refractivity contribution in [2.24, 2.45) is 0 Å². The van der Waals surface area contributed by atoms with Gasteiger partial charge >= 0.3 is 0 Å². The molecule has 0 unspecified atom stereocenters. The topological polar surface area (TPSA) is 78.6 Å². The van der Waals surface area contributed by atoms with E-state index in [4.69, 9.17) is 16.3 Å². The maximum atomic E-state index is 6.04. The Kier molecular flexibility index (Phi) is 4.98. The van der Waals surface area contributed by atoms with E-state index < -0.39 is 0 Å². The Morgan fingerprint density at radius 2 is 2.14 bits per heavy atom. The summed E-state index contributed by atoms with van der Waals surface area (Å²) in [6, 6.07) is 7.79. The molecule has 4 heterocycles. The Labute approximate surface area is 174 Å². The lowest BCUT2D eigenvalue weighted by Gasteiger charge is -2.10. The van der Waals surface area contributed by atoms with E-state index in [1.807, 2.05) is 24.3 Å². The molecule has 1 aliphatic rings. The largest absolute Gasteiger partial charge is 0.376 e. The SMILES string of the molecule is Clc1ccc(-c2csc3ncnc(Sc4nnnn4C[C@@H]4CCCO4)c23)cc1. The number of ether oxygens (including phenoxy) is 1. The summed E-state index contributed by atoms with van der Waals surface area (Å²) < 4.78 is 7.51. The quantitative estimate of drug-likeness (QED) is 0.436. The zero-order chi connectivity index (χ0) is 18.9. The maximum Gasteiger partial charge on any atom is 0.215 e. The number of benzene rings is 1. The van der Waals surface area contributed by atoms with E-state index in [0.717, 1.165) is 45.8 Å². The van der Waals surface area contributed by atoms with Gasteiger partial charge in [-0.3, -0.25) is 0 Å². The van der Waals surface area contributed by atoms with E-state index in [1.54, 1.807) is 22.3 Å². The van der Waals surface area contributed by atoms with Crippen LogP contribution in [-0.4, -0.2) is 42.9 Å². The molecule has 4 aromatic rings. The average molecular weight is 431 g/mol. The second kappa shape index (κ2) is 7.75. The number of rotatable bonds is 5. The molecule has 0 spiro atoms. The minimum Gasteiger partial charge on any atom is -0.376 e. The molecule has 0 bridgehead atoms. The van der Waals surface area contributed by atoms with Gasteiger partial charge in [0.05, 0.1) is 18.0 Å². The van der Waals surface area contributed by atoms with E-state index in [9.17, 15) is 0 Å². The monoisotopic (exact) mass is 430 g/mol. The first-order valence-corrected chi connectivity index (χ1v) is 10.9. The predicted molar refractivity (Wildman–Crippen MR) is 109 cm³/mol. The lowest BCUT2D eigenvalue weighted by atomic mass is 10.1. The summed E-state index contributed by atoms with van der Waals surface area (Å²) in [6.45, 7) is 1.46. The van der Waals surface area contributed by atoms with Gasteiger partial charge in [0, 0.05) is 22.6 Å². The summed E-state index contributed by atoms with van der Waals surface area (Å²) in [4.78, 5) is 9.88. The van der Waals surface area contributed by atoms with E-state index in [0.29, 0.717) is 16.7 Å². The molecule has 28 heavy (non-hydrogen) atoms. The van der Waals surface area contributed by atoms with Crippen molar-refractivity contribution in [1.29, 1.82) is 0 Å². The van der Waals surface area contributed by atoms with Crippen LogP contribution in [0.3, 0.4) is 0 Å². The number of aromatic nitrogens is 6. The maximum absolute atomic E-state index is 6.04. The summed E-state index contributed by atoms with van der Waals surface area (Å²) in [5.41, 5.74) is 2.16. The van der Waals surface area contributed by atoms with Gasteiger partial charge in [-0.15, -0.1) is 16.4 Å². The zero-order valence-corrected chi connectivity index (χ0v) is 17.0. The lowest BCUT2D eigenvalue weighted by Crippen LogP contribution is -2.16. The normalized spacial score (nSPS) is 16.8. The summed E-state index contributed by atoms with van der Waals surface area (Å²) in [5, 5.41) is 17.5. The highest BCUT2D eigenvalue weighted by Crippen LogP contribution is 2.39. The van der Waals surface area contributed by atoms with E-state index >= 15 is 0 Å². The van der Waals surface area contributed by atoms with Gasteiger partial charge < -0.3 is 4.74 Å². The number of hydrogen-bond acceptors (Lipinski definition) is 8. The van der Waals surface area contributed by atoms with Crippen LogP contribution in [-0.2, 0) is 11.3 Å². The highest BCUT2D eigenvalue weighted by Gasteiger charge is 2.21. The van der Waals surface area contributed by atoms with E-state index in [-0.39, 0.29) is 6.10 Å². The van der Waals surface area contributed by atoms with Gasteiger partial charge in [-0.05, 0) is 52.7 Å². The highest BCUT2D eigenvalue weighted by atomic mass is 35.5. The van der Waals surface area contributed by atoms with Crippen molar-refractivity contribution >= 4 is 44.9 Å². The Morgan fingerprint density at radius 1 is 1.25 bits per heavy atom. The lowest BCUT2D eigenvalue weighted by molar-refractivity contribution is 0.0912. The molecule has 3 aromatic heterocycles. The van der Waals surface area contributed by atoms with Gasteiger partial charge in [-0.1, -0.05) is 23.7 Å². The molecule has 0 amide bonds. The molecule has 0 N–H and O–H groups in total. The van der Waals surface area contributed by atoms with E-state index in [1.165, 1.54) is 11.8 Å². The molecular weight excluding hydrogens is 416 g/mol. The second-order valence-corrected chi connectivity index (χ2v) is 8.65. The number of tetrazole rings is 1. The van der Waals surface area contributed by atoms with Crippen LogP contribution in [0.1, 0.15) is 12.8 Å². The van der Waals surface area contributed by atoms with Crippen LogP contribution in [0.5, 0.6) is 0 Å². The second-order valence-electron chi connectivity index (χ2n) is 6.40. The number of nitrogens with zero attached hydrogens (tertiary/aromatic N) is 6. The molecule has 1 aliphatic heterocycles. The minimum atomic E-state index is 0.166. The molecule has 0 radical (unpaired) electrons. The fourth-order valence-corrected chi connectivity index (χ4v) is 5.20. The van der Waals surface area contributed by atoms with Crippen molar-refractivity contribution in [2.45, 2.75) is 35.7 Å². The Hall–Kier alpha value is -2.07. The number of thiophene rings is 1. The summed E-state index contributed by atoms with van der Waals surface area (Å²) >= 11 is 9.09. The first-order chi connectivity index (χ1) is 13.8. The third-order valence-corrected chi connectivity index (χ3v) is 6.69. The van der Waals surface area contributed by atoms with Crippen LogP contribution in [0, 0.1) is 0 Å². The van der Waals surface area contributed by atoms with Crippen molar-refractivity contribution in [3.63, 3.8) is 0 Å². The minimum absolute atomic E-state index is 0.166. The zero-order valence-electron chi connectivity index (χ0n) is 14.7. The first-order valence-electron chi connectivity index (χ1n) is 8.82. The van der Waals surface area contributed by atoms with Crippen molar-refractivity contribution in [2.75, 3.05) is 6.61 Å². The van der Waals surface area contributed by atoms with Gasteiger partial charge in [-0.25, -0.2) is 14.6 Å². The van der Waals surface area contributed by atoms with Gasteiger partial charge in [0.1, 0.15) is 16.2 Å². The molecule has 1 fully saturated rings. The molecule has 0 aliphatic carbocycles. The molecule has 142 valence electrons. The van der Waals surface area contributed by atoms with Crippen LogP contribution >= 0.6 is 34.7 Å². The van der Waals surface area contributed by atoms with Crippen LogP contribution in [0.25, 0.3) is 21.3 Å². The van der Waals surface area contributed by atoms with Crippen LogP contribution < -0.4 is 0 Å². The molecule has 0 saturated carbocycles. The molecular formula is C18H15ClN6OS2. The molecule has 1 aromatic carbocycles. The average Bonchev–Trinajstić information content (AvgIpc) is 3.45. The third-order valence-electron chi connectivity index (χ3n) is 4.58. The Balaban J connectivity index is 1.51. The van der Waals surface area contributed by atoms with Crippen molar-refractivity contribution in [3.8, 4) is 11.1 Å². The summed E-state index contributed by atoms with van der Waals surface area (Å²) in [6.07, 6.45) is 3.87. The van der Waals surface area contributed by atoms with Crippen molar-refractivity contribution < 1.29 is 4.74 Å². The number of fused-ring (bicyclic) bond motifs is 1. The van der Waals surface area contributed by atoms with Gasteiger partial charge in [0.2, 0.25) is 5.16 Å². The molecule has 1 atom stereocenters. The first kappa shape index (κ1) is 18.0. The summed E-state index contributed by atoms with van der Waals surface area (Å²) in [5.74, 6) is 0. The number of halogens is 1. The van der Waals surface area contributed by atoms with Crippen molar-refractivity contribution in [3.05, 3.63) is 41.0 Å². The highest BCUT2D eigenvalue weighted by molar-refractivity contribution is 7.99.